The van der Waals surface area contributed by atoms with Gasteiger partial charge in [0.1, 0.15) is 23.5 Å². The van der Waals surface area contributed by atoms with E-state index in [9.17, 15) is 28.8 Å². The summed E-state index contributed by atoms with van der Waals surface area (Å²) in [5.41, 5.74) is 4.31. The van der Waals surface area contributed by atoms with Gasteiger partial charge in [0.15, 0.2) is 5.82 Å². The molecule has 5 N–H and O–H groups in total. The van der Waals surface area contributed by atoms with Crippen molar-refractivity contribution in [2.75, 3.05) is 74.0 Å². The number of fused-ring (bicyclic) bond motifs is 2. The quantitative estimate of drug-likeness (QED) is 0.0403. The Morgan fingerprint density at radius 3 is 2.57 bits per heavy atom. The smallest absolute Gasteiger partial charge is 0.255 e. The standard InChI is InChI=1S/C49H61BrN10O8/c1-6-33(50)18-16-31(3)29-59-38(7-2)48(66)58(4)40-28-53-49(57-44(40)59)55-37-19-17-32(27-41(37)67-5)45(63)52-24-26-68-25-23-51-22-11-9-8-10-15-42(61)54-36-14-12-13-34-35(36)30-60(47(34)65)39-20-21-43(62)56-46(39)64/h6,12-14,16-19,27-28,38-39,51H,1,7-11,15,20-26,29-30H2,2-5H3,(H,52,63)(H,54,61)(H,53,55,57)(H,56,62,64)/b31-16+,33-18+/t38-,39?/m1/s1. The number of amides is 6. The molecule has 0 radical (unpaired) electrons. The van der Waals surface area contributed by atoms with Gasteiger partial charge in [-0.05, 0) is 75.6 Å². The van der Waals surface area contributed by atoms with Gasteiger partial charge >= 0.3 is 0 Å². The van der Waals surface area contributed by atoms with Gasteiger partial charge < -0.3 is 45.4 Å². The lowest BCUT2D eigenvalue weighted by Gasteiger charge is -2.40. The van der Waals surface area contributed by atoms with Crippen LogP contribution in [0.15, 0.2) is 77.5 Å². The minimum Gasteiger partial charge on any atom is -0.495 e. The highest BCUT2D eigenvalue weighted by Gasteiger charge is 2.40. The number of carbonyl (C=O) groups excluding carboxylic acids is 6. The van der Waals surface area contributed by atoms with Crippen molar-refractivity contribution < 1.29 is 38.2 Å². The fraction of sp³-hybridized carbons (Fsp3) is 0.429. The maximum absolute atomic E-state index is 13.3. The van der Waals surface area contributed by atoms with Crippen LogP contribution in [-0.2, 0) is 30.5 Å². The van der Waals surface area contributed by atoms with Gasteiger partial charge in [-0.2, -0.15) is 4.98 Å². The van der Waals surface area contributed by atoms with E-state index in [0.29, 0.717) is 97.0 Å². The first-order chi connectivity index (χ1) is 32.8. The van der Waals surface area contributed by atoms with Gasteiger partial charge in [-0.15, -0.1) is 0 Å². The second kappa shape index (κ2) is 24.5. The van der Waals surface area contributed by atoms with E-state index in [1.807, 2.05) is 30.9 Å². The van der Waals surface area contributed by atoms with Crippen LogP contribution in [0, 0.1) is 0 Å². The molecule has 0 spiro atoms. The second-order valence-corrected chi connectivity index (χ2v) is 17.6. The fourth-order valence-electron chi connectivity index (χ4n) is 8.26. The van der Waals surface area contributed by atoms with Crippen molar-refractivity contribution in [2.45, 2.75) is 83.8 Å². The normalized spacial score (nSPS) is 17.2. The van der Waals surface area contributed by atoms with Crippen LogP contribution in [0.25, 0.3) is 0 Å². The Hall–Kier alpha value is -6.44. The number of nitrogens with zero attached hydrogens (tertiary/aromatic N) is 5. The fourth-order valence-corrected chi connectivity index (χ4v) is 8.39. The van der Waals surface area contributed by atoms with Crippen molar-refractivity contribution in [3.05, 3.63) is 94.1 Å². The Bertz CT molecular complexity index is 2440. The summed E-state index contributed by atoms with van der Waals surface area (Å²) in [5.74, 6) is -0.169. The summed E-state index contributed by atoms with van der Waals surface area (Å²) in [5, 5.41) is 14.7. The summed E-state index contributed by atoms with van der Waals surface area (Å²) in [6.07, 6.45) is 12.1. The number of methoxy groups -OCH3 is 1. The molecule has 19 heteroatoms. The van der Waals surface area contributed by atoms with Crippen molar-refractivity contribution in [3.8, 4) is 5.75 Å². The number of halogens is 1. The van der Waals surface area contributed by atoms with Gasteiger partial charge in [0.2, 0.25) is 29.6 Å². The zero-order valence-electron chi connectivity index (χ0n) is 39.1. The molecular weight excluding hydrogens is 937 g/mol. The third-order valence-corrected chi connectivity index (χ3v) is 12.5. The number of hydrogen-bond acceptors (Lipinski definition) is 13. The zero-order valence-corrected chi connectivity index (χ0v) is 40.7. The molecule has 1 unspecified atom stereocenters. The Morgan fingerprint density at radius 2 is 1.81 bits per heavy atom. The summed E-state index contributed by atoms with van der Waals surface area (Å²) in [4.78, 5) is 90.7. The monoisotopic (exact) mass is 996 g/mol. The number of carbonyl (C=O) groups is 6. The number of imide groups is 1. The van der Waals surface area contributed by atoms with E-state index >= 15 is 0 Å². The number of ether oxygens (including phenoxy) is 2. The molecule has 1 aromatic heterocycles. The summed E-state index contributed by atoms with van der Waals surface area (Å²) in [6.45, 7) is 11.1. The van der Waals surface area contributed by atoms with Crippen LogP contribution >= 0.6 is 15.9 Å². The van der Waals surface area contributed by atoms with Crippen LogP contribution in [0.1, 0.15) is 91.5 Å². The summed E-state index contributed by atoms with van der Waals surface area (Å²) < 4.78 is 12.2. The number of likely N-dealkylation sites (N-methyl/N-ethyl adjacent to an activating group) is 1. The molecule has 6 rings (SSSR count). The molecule has 0 saturated carbocycles. The summed E-state index contributed by atoms with van der Waals surface area (Å²) >= 11 is 3.45. The summed E-state index contributed by atoms with van der Waals surface area (Å²) in [7, 11) is 3.25. The lowest BCUT2D eigenvalue weighted by Crippen LogP contribution is -2.53. The van der Waals surface area contributed by atoms with Crippen LogP contribution in [0.2, 0.25) is 0 Å². The first-order valence-electron chi connectivity index (χ1n) is 23.0. The number of unbranched alkanes of at least 4 members (excludes halogenated alkanes) is 3. The Balaban J connectivity index is 0.856. The van der Waals surface area contributed by atoms with Crippen LogP contribution in [0.5, 0.6) is 5.75 Å². The van der Waals surface area contributed by atoms with Crippen LogP contribution < -0.4 is 41.1 Å². The third kappa shape index (κ3) is 13.0. The van der Waals surface area contributed by atoms with Crippen LogP contribution in [0.4, 0.5) is 28.8 Å². The molecule has 2 atom stereocenters. The van der Waals surface area contributed by atoms with E-state index in [4.69, 9.17) is 14.5 Å². The predicted molar refractivity (Wildman–Crippen MR) is 264 cm³/mol. The van der Waals surface area contributed by atoms with Crippen molar-refractivity contribution in [1.82, 2.24) is 30.8 Å². The van der Waals surface area contributed by atoms with Gasteiger partial charge in [-0.1, -0.05) is 66.1 Å². The first-order valence-corrected chi connectivity index (χ1v) is 23.8. The number of anilines is 5. The van der Waals surface area contributed by atoms with E-state index in [1.54, 1.807) is 60.6 Å². The van der Waals surface area contributed by atoms with Crippen LogP contribution in [-0.4, -0.2) is 116 Å². The molecule has 68 heavy (non-hydrogen) atoms. The molecule has 1 saturated heterocycles. The molecule has 362 valence electrons. The van der Waals surface area contributed by atoms with E-state index in [0.717, 1.165) is 42.3 Å². The number of benzene rings is 2. The Kier molecular flexibility index (Phi) is 18.4. The van der Waals surface area contributed by atoms with Crippen molar-refractivity contribution in [2.24, 2.45) is 0 Å². The molecule has 2 aromatic carbocycles. The molecule has 3 aromatic rings. The SMILES string of the molecule is C=C/C(Br)=C\C=C(/C)CN1c2nc(Nc3ccc(C(=O)NCCOCCNCCCCCCC(=O)Nc4cccc5c4CN(C4CCC(=O)NC4=O)C5=O)cc3OC)ncc2N(C)C(=O)[C@H]1CC. The Morgan fingerprint density at radius 1 is 1.01 bits per heavy atom. The molecule has 0 bridgehead atoms. The predicted octanol–water partition coefficient (Wildman–Crippen LogP) is 5.89. The van der Waals surface area contributed by atoms with Gasteiger partial charge in [-0.3, -0.25) is 34.1 Å². The zero-order chi connectivity index (χ0) is 48.7. The molecule has 3 aliphatic heterocycles. The van der Waals surface area contributed by atoms with Crippen molar-refractivity contribution in [1.29, 1.82) is 0 Å². The van der Waals surface area contributed by atoms with Crippen LogP contribution in [0.3, 0.4) is 0 Å². The molecule has 3 aliphatic rings. The van der Waals surface area contributed by atoms with Gasteiger partial charge in [0, 0.05) is 72.9 Å². The minimum atomic E-state index is -0.713. The van der Waals surface area contributed by atoms with Crippen molar-refractivity contribution >= 4 is 80.2 Å². The lowest BCUT2D eigenvalue weighted by atomic mass is 10.0. The maximum atomic E-state index is 13.3. The maximum Gasteiger partial charge on any atom is 0.255 e. The summed E-state index contributed by atoms with van der Waals surface area (Å²) in [6, 6.07) is 9.12. The largest absolute Gasteiger partial charge is 0.495 e. The lowest BCUT2D eigenvalue weighted by molar-refractivity contribution is -0.137. The van der Waals surface area contributed by atoms with Gasteiger partial charge in [0.05, 0.1) is 32.2 Å². The van der Waals surface area contributed by atoms with Gasteiger partial charge in [0.25, 0.3) is 11.8 Å². The van der Waals surface area contributed by atoms with E-state index in [2.05, 4.69) is 54.1 Å². The highest BCUT2D eigenvalue weighted by atomic mass is 79.9. The number of aromatic nitrogens is 2. The highest BCUT2D eigenvalue weighted by molar-refractivity contribution is 9.11. The van der Waals surface area contributed by atoms with Gasteiger partial charge in [-0.25, -0.2) is 4.98 Å². The van der Waals surface area contributed by atoms with E-state index < -0.39 is 18.0 Å². The second-order valence-electron chi connectivity index (χ2n) is 16.7. The number of piperidine rings is 1. The molecular formula is C49H61BrN10O8. The topological polar surface area (TPSA) is 217 Å². The molecule has 18 nitrogen and oxygen atoms in total. The minimum absolute atomic E-state index is 0.0302. The molecule has 0 aliphatic carbocycles. The van der Waals surface area contributed by atoms with E-state index in [-0.39, 0.29) is 48.9 Å². The number of hydrogen-bond donors (Lipinski definition) is 5. The average molecular weight is 998 g/mol. The molecule has 1 fully saturated rings. The third-order valence-electron chi connectivity index (χ3n) is 11.9. The number of nitrogens with one attached hydrogen (secondary N) is 5. The molecule has 6 amide bonds. The van der Waals surface area contributed by atoms with Crippen molar-refractivity contribution in [3.63, 3.8) is 0 Å². The van der Waals surface area contributed by atoms with E-state index in [1.165, 1.54) is 12.0 Å². The number of allylic oxidation sites excluding steroid dienone is 4. The average Bonchev–Trinajstić information content (AvgIpc) is 3.67. The Labute approximate surface area is 405 Å². The number of rotatable bonds is 24. The first kappa shape index (κ1) is 51.0. The highest BCUT2D eigenvalue weighted by Crippen LogP contribution is 2.37. The molecule has 4 heterocycles.